The summed E-state index contributed by atoms with van der Waals surface area (Å²) in [5, 5.41) is 17.8. The van der Waals surface area contributed by atoms with E-state index in [1.54, 1.807) is 42.7 Å². The minimum Gasteiger partial charge on any atom is -0.476 e. The van der Waals surface area contributed by atoms with E-state index in [1.165, 1.54) is 12.1 Å². The molecule has 0 unspecified atom stereocenters. The second kappa shape index (κ2) is 7.11. The minimum atomic E-state index is -1.27. The van der Waals surface area contributed by atoms with Crippen LogP contribution in [0.1, 0.15) is 38.0 Å². The van der Waals surface area contributed by atoms with Gasteiger partial charge in [0.1, 0.15) is 12.3 Å². The number of aromatic carboxylic acids is 1. The van der Waals surface area contributed by atoms with Crippen LogP contribution in [0.15, 0.2) is 45.7 Å². The highest BCUT2D eigenvalue weighted by Crippen LogP contribution is 2.21. The number of aryl methyl sites for hydroxylation is 2. The zero-order chi connectivity index (χ0) is 21.6. The van der Waals surface area contributed by atoms with E-state index in [1.807, 2.05) is 6.92 Å². The molecule has 152 valence electrons. The SMILES string of the molecule is Cc1cc(-n2c(C)cc(C(=O)Cn3nc(C(=O)O)c4ccccc4c3=O)c2C)no1. The fourth-order valence-electron chi connectivity index (χ4n) is 3.58. The maximum Gasteiger partial charge on any atom is 0.357 e. The van der Waals surface area contributed by atoms with Gasteiger partial charge in [-0.1, -0.05) is 23.4 Å². The lowest BCUT2D eigenvalue weighted by molar-refractivity contribution is 0.0688. The number of nitrogens with zero attached hydrogens (tertiary/aromatic N) is 4. The first kappa shape index (κ1) is 19.3. The van der Waals surface area contributed by atoms with E-state index >= 15 is 0 Å². The first-order valence-corrected chi connectivity index (χ1v) is 9.17. The van der Waals surface area contributed by atoms with E-state index in [-0.39, 0.29) is 28.8 Å². The molecule has 1 N–H and O–H groups in total. The molecule has 0 amide bonds. The van der Waals surface area contributed by atoms with Gasteiger partial charge in [0.2, 0.25) is 0 Å². The van der Waals surface area contributed by atoms with Gasteiger partial charge < -0.3 is 9.63 Å². The molecule has 3 aromatic heterocycles. The van der Waals surface area contributed by atoms with Crippen molar-refractivity contribution in [2.24, 2.45) is 0 Å². The molecule has 4 rings (SSSR count). The Hall–Kier alpha value is -4.01. The van der Waals surface area contributed by atoms with E-state index in [0.717, 1.165) is 10.4 Å². The van der Waals surface area contributed by atoms with Gasteiger partial charge in [-0.2, -0.15) is 5.10 Å². The Kier molecular flexibility index (Phi) is 4.57. The molecule has 0 aliphatic carbocycles. The third kappa shape index (κ3) is 3.10. The fraction of sp³-hybridized carbons (Fsp3) is 0.190. The Morgan fingerprint density at radius 3 is 2.43 bits per heavy atom. The molecule has 1 aromatic carbocycles. The smallest absolute Gasteiger partial charge is 0.357 e. The maximum absolute atomic E-state index is 13.0. The predicted molar refractivity (Wildman–Crippen MR) is 107 cm³/mol. The van der Waals surface area contributed by atoms with Crippen molar-refractivity contribution >= 4 is 22.5 Å². The lowest BCUT2D eigenvalue weighted by atomic mass is 10.1. The van der Waals surface area contributed by atoms with Crippen molar-refractivity contribution < 1.29 is 19.2 Å². The van der Waals surface area contributed by atoms with Gasteiger partial charge in [-0.15, -0.1) is 0 Å². The van der Waals surface area contributed by atoms with Crippen LogP contribution in [0, 0.1) is 20.8 Å². The first-order valence-electron chi connectivity index (χ1n) is 9.17. The van der Waals surface area contributed by atoms with Gasteiger partial charge in [-0.25, -0.2) is 9.48 Å². The topological polar surface area (TPSA) is 120 Å². The summed E-state index contributed by atoms with van der Waals surface area (Å²) in [4.78, 5) is 37.4. The van der Waals surface area contributed by atoms with Crippen LogP contribution in [0.3, 0.4) is 0 Å². The van der Waals surface area contributed by atoms with Gasteiger partial charge in [-0.05, 0) is 32.9 Å². The molecular formula is C21H18N4O5. The predicted octanol–water partition coefficient (Wildman–Crippen LogP) is 2.68. The number of benzene rings is 1. The Labute approximate surface area is 170 Å². The van der Waals surface area contributed by atoms with Gasteiger partial charge >= 0.3 is 5.97 Å². The molecule has 9 heteroatoms. The van der Waals surface area contributed by atoms with E-state index in [4.69, 9.17) is 4.52 Å². The number of carboxylic acid groups (broad SMARTS) is 1. The van der Waals surface area contributed by atoms with Gasteiger partial charge in [0.25, 0.3) is 5.56 Å². The van der Waals surface area contributed by atoms with Crippen molar-refractivity contribution in [3.05, 3.63) is 75.2 Å². The maximum atomic E-state index is 13.0. The molecule has 0 saturated carbocycles. The van der Waals surface area contributed by atoms with Crippen LogP contribution in [0.2, 0.25) is 0 Å². The van der Waals surface area contributed by atoms with Crippen LogP contribution in [-0.2, 0) is 6.54 Å². The van der Waals surface area contributed by atoms with Crippen molar-refractivity contribution in [3.8, 4) is 5.82 Å². The Morgan fingerprint density at radius 1 is 1.10 bits per heavy atom. The number of ketones is 1. The summed E-state index contributed by atoms with van der Waals surface area (Å²) in [6.45, 7) is 4.99. The van der Waals surface area contributed by atoms with Crippen LogP contribution in [0.5, 0.6) is 0 Å². The molecule has 0 saturated heterocycles. The second-order valence-electron chi connectivity index (χ2n) is 7.00. The van der Waals surface area contributed by atoms with Crippen LogP contribution >= 0.6 is 0 Å². The lowest BCUT2D eigenvalue weighted by Crippen LogP contribution is -2.29. The minimum absolute atomic E-state index is 0.196. The zero-order valence-corrected chi connectivity index (χ0v) is 16.5. The number of aromatic nitrogens is 4. The lowest BCUT2D eigenvalue weighted by Gasteiger charge is -2.09. The third-order valence-corrected chi connectivity index (χ3v) is 4.94. The van der Waals surface area contributed by atoms with E-state index in [9.17, 15) is 19.5 Å². The van der Waals surface area contributed by atoms with Crippen molar-refractivity contribution in [3.63, 3.8) is 0 Å². The first-order chi connectivity index (χ1) is 14.3. The number of rotatable bonds is 5. The van der Waals surface area contributed by atoms with Crippen molar-refractivity contribution in [2.75, 3.05) is 0 Å². The molecule has 9 nitrogen and oxygen atoms in total. The molecule has 0 fully saturated rings. The van der Waals surface area contributed by atoms with Crippen LogP contribution in [-0.4, -0.2) is 36.4 Å². The molecule has 0 aliphatic rings. The Bertz CT molecular complexity index is 1380. The van der Waals surface area contributed by atoms with E-state index in [2.05, 4.69) is 10.3 Å². The molecule has 0 aliphatic heterocycles. The summed E-state index contributed by atoms with van der Waals surface area (Å²) in [6.07, 6.45) is 0. The van der Waals surface area contributed by atoms with E-state index in [0.29, 0.717) is 22.8 Å². The van der Waals surface area contributed by atoms with Crippen LogP contribution in [0.4, 0.5) is 0 Å². The highest BCUT2D eigenvalue weighted by Gasteiger charge is 2.21. The fourth-order valence-corrected chi connectivity index (χ4v) is 3.58. The summed E-state index contributed by atoms with van der Waals surface area (Å²) < 4.78 is 7.80. The molecular weight excluding hydrogens is 388 g/mol. The second-order valence-corrected chi connectivity index (χ2v) is 7.00. The van der Waals surface area contributed by atoms with Crippen molar-refractivity contribution in [2.45, 2.75) is 27.3 Å². The van der Waals surface area contributed by atoms with Gasteiger partial charge in [0.05, 0.1) is 5.39 Å². The summed E-state index contributed by atoms with van der Waals surface area (Å²) in [6, 6.07) is 9.76. The monoisotopic (exact) mass is 406 g/mol. The number of carbonyl (C=O) groups excluding carboxylic acids is 1. The van der Waals surface area contributed by atoms with Gasteiger partial charge in [0, 0.05) is 28.4 Å². The average Bonchev–Trinajstić information content (AvgIpc) is 3.26. The largest absolute Gasteiger partial charge is 0.476 e. The molecule has 0 bridgehead atoms. The number of carbonyl (C=O) groups is 2. The number of hydrogen-bond acceptors (Lipinski definition) is 6. The number of Topliss-reactive ketones (excluding diaryl/α,β-unsaturated/α-hetero) is 1. The molecule has 0 spiro atoms. The van der Waals surface area contributed by atoms with Gasteiger partial charge in [0.15, 0.2) is 17.3 Å². The molecule has 30 heavy (non-hydrogen) atoms. The standard InChI is InChI=1S/C21H18N4O5/c1-11-8-16(13(3)25(11)18-9-12(2)30-23-18)17(26)10-24-20(27)15-7-5-4-6-14(15)19(22-24)21(28)29/h4-9H,10H2,1-3H3,(H,28,29). The summed E-state index contributed by atoms with van der Waals surface area (Å²) in [5.74, 6) is -0.447. The Morgan fingerprint density at radius 2 is 1.80 bits per heavy atom. The third-order valence-electron chi connectivity index (χ3n) is 4.94. The van der Waals surface area contributed by atoms with Crippen molar-refractivity contribution in [1.82, 2.24) is 19.5 Å². The molecule has 0 atom stereocenters. The Balaban J connectivity index is 1.77. The molecule has 4 aromatic rings. The highest BCUT2D eigenvalue weighted by molar-refractivity contribution is 6.01. The van der Waals surface area contributed by atoms with Crippen LogP contribution in [0.25, 0.3) is 16.6 Å². The highest BCUT2D eigenvalue weighted by atomic mass is 16.5. The van der Waals surface area contributed by atoms with E-state index < -0.39 is 11.5 Å². The zero-order valence-electron chi connectivity index (χ0n) is 16.5. The van der Waals surface area contributed by atoms with Gasteiger partial charge in [-0.3, -0.25) is 14.2 Å². The summed E-state index contributed by atoms with van der Waals surface area (Å²) in [7, 11) is 0. The molecule has 0 radical (unpaired) electrons. The number of hydrogen-bond donors (Lipinski definition) is 1. The van der Waals surface area contributed by atoms with Crippen molar-refractivity contribution in [1.29, 1.82) is 0 Å². The number of fused-ring (bicyclic) bond motifs is 1. The normalized spacial score (nSPS) is 11.2. The average molecular weight is 406 g/mol. The quantitative estimate of drug-likeness (QED) is 0.506. The summed E-state index contributed by atoms with van der Waals surface area (Å²) in [5.41, 5.74) is 1.01. The van der Waals surface area contributed by atoms with Crippen LogP contribution < -0.4 is 5.56 Å². The summed E-state index contributed by atoms with van der Waals surface area (Å²) >= 11 is 0. The molecule has 3 heterocycles. The number of carboxylic acids is 1.